The number of H-pyrrole nitrogens is 1. The maximum atomic E-state index is 3.20. The van der Waals surface area contributed by atoms with E-state index in [1.165, 1.54) is 16.6 Å². The highest BCUT2D eigenvalue weighted by atomic mass is 35.5. The molecule has 1 aromatic heterocycles. The van der Waals surface area contributed by atoms with Crippen molar-refractivity contribution >= 4 is 16.6 Å². The van der Waals surface area contributed by atoms with Gasteiger partial charge in [-0.25, -0.2) is 4.98 Å². The SMILES string of the molecule is CN(C)c1ccc2[nH+]cccc2c1.[Cl-]. The molecule has 74 valence electrons. The number of aromatic nitrogens is 1. The minimum absolute atomic E-state index is 0. The lowest BCUT2D eigenvalue weighted by Crippen LogP contribution is -3.00. The van der Waals surface area contributed by atoms with Crippen LogP contribution in [0.4, 0.5) is 5.69 Å². The number of fused-ring (bicyclic) bond motifs is 1. The van der Waals surface area contributed by atoms with Crippen LogP contribution in [0.3, 0.4) is 0 Å². The predicted molar refractivity (Wildman–Crippen MR) is 54.8 cm³/mol. The summed E-state index contributed by atoms with van der Waals surface area (Å²) in [5.74, 6) is 0. The molecule has 3 heteroatoms. The fourth-order valence-electron chi connectivity index (χ4n) is 1.39. The summed E-state index contributed by atoms with van der Waals surface area (Å²) in [5, 5.41) is 1.24. The first kappa shape index (κ1) is 10.8. The fourth-order valence-corrected chi connectivity index (χ4v) is 1.39. The van der Waals surface area contributed by atoms with Crippen molar-refractivity contribution in [3.63, 3.8) is 0 Å². The van der Waals surface area contributed by atoms with Gasteiger partial charge in [-0.15, -0.1) is 0 Å². The summed E-state index contributed by atoms with van der Waals surface area (Å²) in [7, 11) is 4.10. The van der Waals surface area contributed by atoms with E-state index in [1.54, 1.807) is 0 Å². The largest absolute Gasteiger partial charge is 1.00 e. The third kappa shape index (κ3) is 1.96. The number of hydrogen-bond acceptors (Lipinski definition) is 1. The van der Waals surface area contributed by atoms with E-state index in [-0.39, 0.29) is 12.4 Å². The van der Waals surface area contributed by atoms with Crippen molar-refractivity contribution in [3.8, 4) is 0 Å². The molecule has 14 heavy (non-hydrogen) atoms. The van der Waals surface area contributed by atoms with E-state index in [9.17, 15) is 0 Å². The molecule has 0 bridgehead atoms. The monoisotopic (exact) mass is 208 g/mol. The first-order chi connectivity index (χ1) is 6.27. The summed E-state index contributed by atoms with van der Waals surface area (Å²) in [6, 6.07) is 10.5. The van der Waals surface area contributed by atoms with Gasteiger partial charge in [-0.1, -0.05) is 0 Å². The van der Waals surface area contributed by atoms with Crippen molar-refractivity contribution in [3.05, 3.63) is 36.5 Å². The number of nitrogens with one attached hydrogen (secondary N) is 1. The van der Waals surface area contributed by atoms with Crippen LogP contribution < -0.4 is 22.3 Å². The van der Waals surface area contributed by atoms with Gasteiger partial charge in [0.1, 0.15) is 0 Å². The average molecular weight is 209 g/mol. The molecule has 0 spiro atoms. The van der Waals surface area contributed by atoms with Crippen LogP contribution in [0.15, 0.2) is 36.5 Å². The standard InChI is InChI=1S/C11H12N2.ClH/c1-13(2)10-5-6-11-9(8-10)4-3-7-12-11;/h3-8H,1-2H3;1H. The van der Waals surface area contributed by atoms with Crippen LogP contribution in [-0.2, 0) is 0 Å². The van der Waals surface area contributed by atoms with E-state index < -0.39 is 0 Å². The molecule has 0 aliphatic heterocycles. The quantitative estimate of drug-likeness (QED) is 0.571. The lowest BCUT2D eigenvalue weighted by atomic mass is 10.2. The van der Waals surface area contributed by atoms with Crippen molar-refractivity contribution in [2.24, 2.45) is 0 Å². The summed E-state index contributed by atoms with van der Waals surface area (Å²) in [6.45, 7) is 0. The van der Waals surface area contributed by atoms with Gasteiger partial charge in [0.15, 0.2) is 6.20 Å². The molecule has 2 nitrogen and oxygen atoms in total. The number of rotatable bonds is 1. The first-order valence-electron chi connectivity index (χ1n) is 4.35. The Bertz CT molecular complexity index is 426. The van der Waals surface area contributed by atoms with Gasteiger partial charge in [-0.2, -0.15) is 0 Å². The number of benzene rings is 1. The molecule has 0 saturated heterocycles. The lowest BCUT2D eigenvalue weighted by molar-refractivity contribution is -0.344. The molecule has 0 atom stereocenters. The summed E-state index contributed by atoms with van der Waals surface area (Å²) >= 11 is 0. The number of nitrogens with zero attached hydrogens (tertiary/aromatic N) is 1. The summed E-state index contributed by atoms with van der Waals surface area (Å²) in [5.41, 5.74) is 2.40. The molecule has 1 aromatic carbocycles. The van der Waals surface area contributed by atoms with Gasteiger partial charge >= 0.3 is 0 Å². The van der Waals surface area contributed by atoms with Gasteiger partial charge in [0.2, 0.25) is 5.52 Å². The molecule has 0 saturated carbocycles. The maximum Gasteiger partial charge on any atom is 0.210 e. The number of aromatic amines is 1. The van der Waals surface area contributed by atoms with Crippen molar-refractivity contribution < 1.29 is 17.4 Å². The fraction of sp³-hybridized carbons (Fsp3) is 0.182. The van der Waals surface area contributed by atoms with Gasteiger partial charge in [0.05, 0.1) is 0 Å². The Labute approximate surface area is 90.0 Å². The molecule has 0 aliphatic carbocycles. The zero-order valence-electron chi connectivity index (χ0n) is 8.29. The predicted octanol–water partition coefficient (Wildman–Crippen LogP) is -1.28. The van der Waals surface area contributed by atoms with Crippen molar-refractivity contribution in [2.45, 2.75) is 0 Å². The minimum atomic E-state index is 0. The maximum absolute atomic E-state index is 3.20. The van der Waals surface area contributed by atoms with Gasteiger partial charge in [-0.05, 0) is 18.2 Å². The normalized spacial score (nSPS) is 9.57. The molecule has 2 aromatic rings. The van der Waals surface area contributed by atoms with E-state index in [2.05, 4.69) is 34.1 Å². The second kappa shape index (κ2) is 4.29. The molecule has 1 heterocycles. The lowest BCUT2D eigenvalue weighted by Gasteiger charge is -2.11. The van der Waals surface area contributed by atoms with Gasteiger partial charge in [0.25, 0.3) is 0 Å². The second-order valence-electron chi connectivity index (χ2n) is 3.34. The van der Waals surface area contributed by atoms with Crippen LogP contribution in [0.25, 0.3) is 10.9 Å². The minimum Gasteiger partial charge on any atom is -1.00 e. The van der Waals surface area contributed by atoms with E-state index in [1.807, 2.05) is 26.4 Å². The molecular weight excluding hydrogens is 196 g/mol. The number of pyridine rings is 1. The molecule has 2 rings (SSSR count). The molecule has 0 fully saturated rings. The zero-order valence-corrected chi connectivity index (χ0v) is 9.05. The Balaban J connectivity index is 0.000000980. The van der Waals surface area contributed by atoms with Crippen molar-refractivity contribution in [2.75, 3.05) is 19.0 Å². The Kier molecular flexibility index (Phi) is 3.31. The van der Waals surface area contributed by atoms with E-state index in [0.717, 1.165) is 0 Å². The highest BCUT2D eigenvalue weighted by molar-refractivity contribution is 5.79. The van der Waals surface area contributed by atoms with Gasteiger partial charge in [0, 0.05) is 37.3 Å². The highest BCUT2D eigenvalue weighted by Crippen LogP contribution is 2.16. The highest BCUT2D eigenvalue weighted by Gasteiger charge is 2.00. The van der Waals surface area contributed by atoms with Crippen molar-refractivity contribution in [1.29, 1.82) is 0 Å². The van der Waals surface area contributed by atoms with Crippen LogP contribution in [0.5, 0.6) is 0 Å². The summed E-state index contributed by atoms with van der Waals surface area (Å²) < 4.78 is 0. The average Bonchev–Trinajstić information content (AvgIpc) is 2.17. The Hall–Kier alpha value is -1.28. The van der Waals surface area contributed by atoms with E-state index in [0.29, 0.717) is 0 Å². The first-order valence-corrected chi connectivity index (χ1v) is 4.35. The summed E-state index contributed by atoms with van der Waals surface area (Å²) in [6.07, 6.45) is 1.94. The van der Waals surface area contributed by atoms with Crippen LogP contribution in [0.2, 0.25) is 0 Å². The van der Waals surface area contributed by atoms with Crippen LogP contribution >= 0.6 is 0 Å². The van der Waals surface area contributed by atoms with E-state index in [4.69, 9.17) is 0 Å². The molecule has 0 radical (unpaired) electrons. The third-order valence-corrected chi connectivity index (χ3v) is 2.16. The second-order valence-corrected chi connectivity index (χ2v) is 3.34. The Morgan fingerprint density at radius 3 is 2.64 bits per heavy atom. The Morgan fingerprint density at radius 2 is 1.93 bits per heavy atom. The molecule has 0 unspecified atom stereocenters. The van der Waals surface area contributed by atoms with Crippen LogP contribution in [0, 0.1) is 0 Å². The number of anilines is 1. The molecule has 1 N–H and O–H groups in total. The third-order valence-electron chi connectivity index (χ3n) is 2.16. The molecular formula is C11H13ClN2. The Morgan fingerprint density at radius 1 is 1.14 bits per heavy atom. The zero-order chi connectivity index (χ0) is 9.26. The number of halogens is 1. The number of hydrogen-bond donors (Lipinski definition) is 0. The van der Waals surface area contributed by atoms with Crippen LogP contribution in [-0.4, -0.2) is 14.1 Å². The molecule has 0 amide bonds. The van der Waals surface area contributed by atoms with E-state index >= 15 is 0 Å². The van der Waals surface area contributed by atoms with Gasteiger partial charge in [-0.3, -0.25) is 0 Å². The topological polar surface area (TPSA) is 17.4 Å². The van der Waals surface area contributed by atoms with Crippen molar-refractivity contribution in [1.82, 2.24) is 0 Å². The smallest absolute Gasteiger partial charge is 0.210 e. The summed E-state index contributed by atoms with van der Waals surface area (Å²) in [4.78, 5) is 5.30. The van der Waals surface area contributed by atoms with Gasteiger partial charge < -0.3 is 17.3 Å². The van der Waals surface area contributed by atoms with Crippen LogP contribution in [0.1, 0.15) is 0 Å². The molecule has 0 aliphatic rings.